The lowest BCUT2D eigenvalue weighted by Crippen LogP contribution is -2.37. The number of hydrogen-bond donors (Lipinski definition) is 2. The van der Waals surface area contributed by atoms with Crippen molar-refractivity contribution in [1.82, 2.24) is 14.9 Å². The Labute approximate surface area is 182 Å². The molecule has 0 radical (unpaired) electrons. The van der Waals surface area contributed by atoms with E-state index in [1.807, 2.05) is 18.2 Å². The Morgan fingerprint density at radius 2 is 2.10 bits per heavy atom. The summed E-state index contributed by atoms with van der Waals surface area (Å²) in [4.78, 5) is 19.1. The van der Waals surface area contributed by atoms with Gasteiger partial charge in [-0.05, 0) is 67.7 Å². The minimum absolute atomic E-state index is 0.0645. The average molecular weight is 426 g/mol. The summed E-state index contributed by atoms with van der Waals surface area (Å²) in [6.45, 7) is 4.54. The van der Waals surface area contributed by atoms with Gasteiger partial charge in [-0.3, -0.25) is 4.79 Å². The molecule has 1 aliphatic carbocycles. The molecular formula is C24H31N3O2S. The van der Waals surface area contributed by atoms with Gasteiger partial charge in [0.25, 0.3) is 5.91 Å². The molecule has 2 heterocycles. The van der Waals surface area contributed by atoms with Crippen molar-refractivity contribution in [2.75, 3.05) is 6.61 Å². The molecule has 160 valence electrons. The molecule has 5 nitrogen and oxygen atoms in total. The molecule has 30 heavy (non-hydrogen) atoms. The number of nitrogens with one attached hydrogen (secondary N) is 1. The first-order valence-electron chi connectivity index (χ1n) is 11.1. The Balaban J connectivity index is 1.65. The highest BCUT2D eigenvalue weighted by atomic mass is 32.1. The summed E-state index contributed by atoms with van der Waals surface area (Å²) in [5.74, 6) is 1.50. The van der Waals surface area contributed by atoms with E-state index < -0.39 is 0 Å². The third kappa shape index (κ3) is 4.44. The first-order valence-corrected chi connectivity index (χ1v) is 12.0. The Bertz CT molecular complexity index is 987. The largest absolute Gasteiger partial charge is 0.396 e. The van der Waals surface area contributed by atoms with Gasteiger partial charge in [0, 0.05) is 35.6 Å². The zero-order chi connectivity index (χ0) is 21.1. The molecule has 1 aromatic carbocycles. The van der Waals surface area contributed by atoms with Crippen molar-refractivity contribution in [3.05, 3.63) is 52.0 Å². The number of rotatable bonds is 10. The molecule has 0 bridgehead atoms. The second kappa shape index (κ2) is 9.31. The third-order valence-electron chi connectivity index (χ3n) is 6.19. The van der Waals surface area contributed by atoms with Crippen molar-refractivity contribution in [1.29, 1.82) is 0 Å². The molecule has 1 fully saturated rings. The smallest absolute Gasteiger partial charge is 0.251 e. The maximum absolute atomic E-state index is 12.9. The number of aliphatic hydroxyl groups is 1. The number of imidazole rings is 1. The first kappa shape index (κ1) is 21.1. The molecule has 0 aliphatic heterocycles. The topological polar surface area (TPSA) is 67.2 Å². The number of nitrogens with zero attached hydrogens (tertiary/aromatic N) is 2. The molecule has 0 saturated heterocycles. The van der Waals surface area contributed by atoms with E-state index >= 15 is 0 Å². The number of aliphatic hydroxyl groups excluding tert-OH is 1. The lowest BCUT2D eigenvalue weighted by Gasteiger charge is -2.19. The van der Waals surface area contributed by atoms with E-state index in [0.717, 1.165) is 49.0 Å². The minimum Gasteiger partial charge on any atom is -0.396 e. The van der Waals surface area contributed by atoms with Crippen LogP contribution in [0.15, 0.2) is 35.7 Å². The van der Waals surface area contributed by atoms with Gasteiger partial charge in [-0.15, -0.1) is 11.3 Å². The Kier molecular flexibility index (Phi) is 6.54. The number of benzene rings is 1. The Morgan fingerprint density at radius 1 is 1.30 bits per heavy atom. The van der Waals surface area contributed by atoms with Crippen LogP contribution in [-0.2, 0) is 6.42 Å². The highest BCUT2D eigenvalue weighted by molar-refractivity contribution is 7.09. The molecule has 1 unspecified atom stereocenters. The summed E-state index contributed by atoms with van der Waals surface area (Å²) in [5.41, 5.74) is 2.62. The van der Waals surface area contributed by atoms with Crippen molar-refractivity contribution >= 4 is 28.3 Å². The van der Waals surface area contributed by atoms with Crippen LogP contribution in [0.2, 0.25) is 0 Å². The lowest BCUT2D eigenvalue weighted by atomic mass is 10.1. The normalized spacial score (nSPS) is 15.1. The minimum atomic E-state index is -0.0702. The van der Waals surface area contributed by atoms with Crippen molar-refractivity contribution < 1.29 is 9.90 Å². The zero-order valence-corrected chi connectivity index (χ0v) is 18.6. The predicted octanol–water partition coefficient (Wildman–Crippen LogP) is 4.94. The molecule has 1 atom stereocenters. The van der Waals surface area contributed by atoms with Crippen LogP contribution in [0, 0.1) is 5.92 Å². The van der Waals surface area contributed by atoms with Crippen LogP contribution in [-0.4, -0.2) is 33.2 Å². The summed E-state index contributed by atoms with van der Waals surface area (Å²) in [6.07, 6.45) is 5.79. The fourth-order valence-electron chi connectivity index (χ4n) is 4.36. The fourth-order valence-corrected chi connectivity index (χ4v) is 5.06. The third-order valence-corrected chi connectivity index (χ3v) is 7.07. The second-order valence-electron chi connectivity index (χ2n) is 8.26. The lowest BCUT2D eigenvalue weighted by molar-refractivity contribution is 0.0924. The molecule has 4 rings (SSSR count). The summed E-state index contributed by atoms with van der Waals surface area (Å²) in [5, 5.41) is 14.5. The molecular weight excluding hydrogens is 394 g/mol. The van der Waals surface area contributed by atoms with E-state index in [-0.39, 0.29) is 18.6 Å². The van der Waals surface area contributed by atoms with Crippen LogP contribution in [0.4, 0.5) is 0 Å². The SMILES string of the molecule is CCC(CC)n1c(Cc2cccs2)nc2cc(C(=O)NC(CCO)C3CC3)ccc21. The highest BCUT2D eigenvalue weighted by Gasteiger charge is 2.32. The van der Waals surface area contributed by atoms with Crippen LogP contribution in [0.5, 0.6) is 0 Å². The van der Waals surface area contributed by atoms with E-state index in [1.165, 1.54) is 4.88 Å². The van der Waals surface area contributed by atoms with Crippen molar-refractivity contribution in [3.8, 4) is 0 Å². The quantitative estimate of drug-likeness (QED) is 0.483. The van der Waals surface area contributed by atoms with Gasteiger partial charge < -0.3 is 15.0 Å². The van der Waals surface area contributed by atoms with Crippen molar-refractivity contribution in [3.63, 3.8) is 0 Å². The highest BCUT2D eigenvalue weighted by Crippen LogP contribution is 2.34. The second-order valence-corrected chi connectivity index (χ2v) is 9.29. The summed E-state index contributed by atoms with van der Waals surface area (Å²) in [6, 6.07) is 10.6. The summed E-state index contributed by atoms with van der Waals surface area (Å²) in [7, 11) is 0. The van der Waals surface area contributed by atoms with Crippen molar-refractivity contribution in [2.24, 2.45) is 5.92 Å². The average Bonchev–Trinajstić information content (AvgIpc) is 3.37. The maximum Gasteiger partial charge on any atom is 0.251 e. The number of carbonyl (C=O) groups is 1. The van der Waals surface area contributed by atoms with Crippen LogP contribution in [0.3, 0.4) is 0 Å². The van der Waals surface area contributed by atoms with Crippen LogP contribution >= 0.6 is 11.3 Å². The first-order chi connectivity index (χ1) is 14.6. The molecule has 6 heteroatoms. The Morgan fingerprint density at radius 3 is 2.73 bits per heavy atom. The standard InChI is InChI=1S/C24H31N3O2S/c1-3-18(4-2)27-22-10-9-17(24(29)26-20(11-12-28)16-7-8-16)14-21(22)25-23(27)15-19-6-5-13-30-19/h5-6,9-10,13-14,16,18,20,28H,3-4,7-8,11-12,15H2,1-2H3,(H,26,29). The summed E-state index contributed by atoms with van der Waals surface area (Å²) >= 11 is 1.75. The van der Waals surface area contributed by atoms with Gasteiger partial charge in [0.05, 0.1) is 11.0 Å². The molecule has 1 amide bonds. The van der Waals surface area contributed by atoms with Crippen LogP contribution in [0.25, 0.3) is 11.0 Å². The van der Waals surface area contributed by atoms with Gasteiger partial charge in [0.1, 0.15) is 5.82 Å². The fraction of sp³-hybridized carbons (Fsp3) is 0.500. The predicted molar refractivity (Wildman–Crippen MR) is 122 cm³/mol. The zero-order valence-electron chi connectivity index (χ0n) is 17.8. The van der Waals surface area contributed by atoms with E-state index in [2.05, 4.69) is 41.2 Å². The van der Waals surface area contributed by atoms with E-state index in [4.69, 9.17) is 4.98 Å². The van der Waals surface area contributed by atoms with Gasteiger partial charge in [-0.2, -0.15) is 0 Å². The molecule has 0 spiro atoms. The van der Waals surface area contributed by atoms with Gasteiger partial charge in [-0.1, -0.05) is 19.9 Å². The van der Waals surface area contributed by atoms with Crippen LogP contribution in [0.1, 0.15) is 73.1 Å². The number of fused-ring (bicyclic) bond motifs is 1. The van der Waals surface area contributed by atoms with Crippen molar-refractivity contribution in [2.45, 2.75) is 64.5 Å². The molecule has 3 aromatic rings. The number of hydrogen-bond acceptors (Lipinski definition) is 4. The van der Waals surface area contributed by atoms with Gasteiger partial charge in [0.15, 0.2) is 0 Å². The molecule has 1 aliphatic rings. The molecule has 1 saturated carbocycles. The van der Waals surface area contributed by atoms with E-state index in [1.54, 1.807) is 11.3 Å². The van der Waals surface area contributed by atoms with Gasteiger partial charge in [0.2, 0.25) is 0 Å². The Hall–Kier alpha value is -2.18. The summed E-state index contributed by atoms with van der Waals surface area (Å²) < 4.78 is 2.37. The molecule has 2 N–H and O–H groups in total. The number of thiophene rings is 1. The molecule has 2 aromatic heterocycles. The number of carbonyl (C=O) groups excluding carboxylic acids is 1. The number of amides is 1. The van der Waals surface area contributed by atoms with Gasteiger partial charge in [-0.25, -0.2) is 4.98 Å². The van der Waals surface area contributed by atoms with Gasteiger partial charge >= 0.3 is 0 Å². The van der Waals surface area contributed by atoms with Crippen LogP contribution < -0.4 is 5.32 Å². The van der Waals surface area contributed by atoms with E-state index in [0.29, 0.717) is 23.9 Å². The van der Waals surface area contributed by atoms with E-state index in [9.17, 15) is 9.90 Å². The monoisotopic (exact) mass is 425 g/mol. The number of aromatic nitrogens is 2. The maximum atomic E-state index is 12.9.